The molecule has 0 unspecified atom stereocenters. The van der Waals surface area contributed by atoms with Gasteiger partial charge in [-0.3, -0.25) is 0 Å². The number of nitrogens with zero attached hydrogens (tertiary/aromatic N) is 3. The van der Waals surface area contributed by atoms with E-state index in [4.69, 9.17) is 9.26 Å². The van der Waals surface area contributed by atoms with Crippen molar-refractivity contribution in [3.8, 4) is 17.1 Å². The maximum Gasteiger partial charge on any atom is 0.223 e. The number of aromatic nitrogens is 3. The number of hydrogen-bond donors (Lipinski definition) is 0. The summed E-state index contributed by atoms with van der Waals surface area (Å²) in [5.74, 6) is 2.12. The quantitative estimate of drug-likeness (QED) is 0.619. The number of thiazole rings is 1. The molecule has 0 radical (unpaired) electrons. The Labute approximate surface area is 145 Å². The standard InChI is InChI=1S/C18H21N3O2S/c1-11-8-15(18-19-13(3)23-21-18)9-12(2)17(11)22-7-5-6-16-10-24-14(4)20-16/h8-10H,5-7H2,1-4H3. The van der Waals surface area contributed by atoms with E-state index >= 15 is 0 Å². The van der Waals surface area contributed by atoms with Gasteiger partial charge < -0.3 is 9.26 Å². The van der Waals surface area contributed by atoms with Crippen LogP contribution in [0.5, 0.6) is 5.75 Å². The number of rotatable bonds is 6. The summed E-state index contributed by atoms with van der Waals surface area (Å²) in [7, 11) is 0. The van der Waals surface area contributed by atoms with Gasteiger partial charge in [-0.15, -0.1) is 11.3 Å². The first kappa shape index (κ1) is 16.6. The van der Waals surface area contributed by atoms with Crippen molar-refractivity contribution in [1.82, 2.24) is 15.1 Å². The zero-order chi connectivity index (χ0) is 17.1. The Balaban J connectivity index is 1.63. The second kappa shape index (κ2) is 7.13. The van der Waals surface area contributed by atoms with E-state index in [2.05, 4.69) is 20.5 Å². The van der Waals surface area contributed by atoms with Gasteiger partial charge in [-0.05, 0) is 56.9 Å². The van der Waals surface area contributed by atoms with Gasteiger partial charge in [0, 0.05) is 17.9 Å². The summed E-state index contributed by atoms with van der Waals surface area (Å²) >= 11 is 1.69. The molecule has 0 fully saturated rings. The molecule has 0 spiro atoms. The highest BCUT2D eigenvalue weighted by atomic mass is 32.1. The van der Waals surface area contributed by atoms with Crippen LogP contribution in [0.2, 0.25) is 0 Å². The number of aryl methyl sites for hydroxylation is 5. The van der Waals surface area contributed by atoms with Gasteiger partial charge in [0.15, 0.2) is 0 Å². The summed E-state index contributed by atoms with van der Waals surface area (Å²) in [6.45, 7) is 8.59. The van der Waals surface area contributed by atoms with Crippen molar-refractivity contribution in [1.29, 1.82) is 0 Å². The molecule has 0 saturated carbocycles. The predicted molar refractivity (Wildman–Crippen MR) is 94.6 cm³/mol. The third-order valence-corrected chi connectivity index (χ3v) is 4.56. The van der Waals surface area contributed by atoms with E-state index < -0.39 is 0 Å². The maximum absolute atomic E-state index is 6.00. The minimum Gasteiger partial charge on any atom is -0.493 e. The first-order chi connectivity index (χ1) is 11.5. The molecule has 3 rings (SSSR count). The third kappa shape index (κ3) is 3.82. The molecule has 0 N–H and O–H groups in total. The molecule has 0 aliphatic carbocycles. The van der Waals surface area contributed by atoms with E-state index in [1.807, 2.05) is 32.9 Å². The van der Waals surface area contributed by atoms with Gasteiger partial charge in [0.25, 0.3) is 0 Å². The fourth-order valence-electron chi connectivity index (χ4n) is 2.67. The van der Waals surface area contributed by atoms with Crippen molar-refractivity contribution >= 4 is 11.3 Å². The summed E-state index contributed by atoms with van der Waals surface area (Å²) in [5.41, 5.74) is 4.26. The molecule has 0 saturated heterocycles. The van der Waals surface area contributed by atoms with Crippen LogP contribution in [0, 0.1) is 27.7 Å². The summed E-state index contributed by atoms with van der Waals surface area (Å²) in [5, 5.41) is 7.21. The van der Waals surface area contributed by atoms with E-state index in [0.717, 1.165) is 46.0 Å². The van der Waals surface area contributed by atoms with Crippen LogP contribution in [0.15, 0.2) is 22.0 Å². The smallest absolute Gasteiger partial charge is 0.223 e. The molecular weight excluding hydrogens is 322 g/mol. The molecule has 0 aliphatic rings. The van der Waals surface area contributed by atoms with Crippen molar-refractivity contribution in [2.75, 3.05) is 6.61 Å². The summed E-state index contributed by atoms with van der Waals surface area (Å²) in [4.78, 5) is 8.76. The van der Waals surface area contributed by atoms with Gasteiger partial charge in [0.1, 0.15) is 5.75 Å². The zero-order valence-electron chi connectivity index (χ0n) is 14.4. The van der Waals surface area contributed by atoms with Crippen molar-refractivity contribution in [3.05, 3.63) is 45.2 Å². The van der Waals surface area contributed by atoms with Crippen molar-refractivity contribution < 1.29 is 9.26 Å². The Kier molecular flexibility index (Phi) is 4.94. The summed E-state index contributed by atoms with van der Waals surface area (Å²) in [6.07, 6.45) is 1.90. The van der Waals surface area contributed by atoms with E-state index in [1.54, 1.807) is 18.3 Å². The SMILES string of the molecule is Cc1nc(-c2cc(C)c(OCCCc3csc(C)n3)c(C)c2)no1. The Hall–Kier alpha value is -2.21. The minimum absolute atomic E-state index is 0.568. The fourth-order valence-corrected chi connectivity index (χ4v) is 3.32. The first-order valence-electron chi connectivity index (χ1n) is 7.98. The lowest BCUT2D eigenvalue weighted by atomic mass is 10.1. The number of ether oxygens (including phenoxy) is 1. The van der Waals surface area contributed by atoms with Gasteiger partial charge >= 0.3 is 0 Å². The topological polar surface area (TPSA) is 61.0 Å². The second-order valence-corrected chi connectivity index (χ2v) is 6.95. The maximum atomic E-state index is 6.00. The highest BCUT2D eigenvalue weighted by molar-refractivity contribution is 7.09. The minimum atomic E-state index is 0.568. The van der Waals surface area contributed by atoms with Gasteiger partial charge in [-0.25, -0.2) is 4.98 Å². The molecule has 6 heteroatoms. The first-order valence-corrected chi connectivity index (χ1v) is 8.86. The van der Waals surface area contributed by atoms with Crippen molar-refractivity contribution in [3.63, 3.8) is 0 Å². The third-order valence-electron chi connectivity index (χ3n) is 3.74. The van der Waals surface area contributed by atoms with Crippen molar-refractivity contribution in [2.24, 2.45) is 0 Å². The molecule has 0 amide bonds. The molecule has 3 aromatic rings. The van der Waals surface area contributed by atoms with E-state index in [0.29, 0.717) is 18.3 Å². The molecule has 0 atom stereocenters. The van der Waals surface area contributed by atoms with Gasteiger partial charge in [-0.2, -0.15) is 4.98 Å². The lowest BCUT2D eigenvalue weighted by Crippen LogP contribution is -2.03. The molecule has 2 heterocycles. The van der Waals surface area contributed by atoms with Crippen LogP contribution in [0.4, 0.5) is 0 Å². The molecule has 0 aliphatic heterocycles. The summed E-state index contributed by atoms with van der Waals surface area (Å²) in [6, 6.07) is 4.08. The fraction of sp³-hybridized carbons (Fsp3) is 0.389. The predicted octanol–water partition coefficient (Wildman–Crippen LogP) is 4.44. The van der Waals surface area contributed by atoms with Gasteiger partial charge in [-0.1, -0.05) is 5.16 Å². The zero-order valence-corrected chi connectivity index (χ0v) is 15.2. The van der Waals surface area contributed by atoms with E-state index in [-0.39, 0.29) is 0 Å². The Morgan fingerprint density at radius 2 is 1.83 bits per heavy atom. The van der Waals surface area contributed by atoms with Crippen LogP contribution in [-0.2, 0) is 6.42 Å². The monoisotopic (exact) mass is 343 g/mol. The largest absolute Gasteiger partial charge is 0.493 e. The van der Waals surface area contributed by atoms with E-state index in [1.165, 1.54) is 0 Å². The number of hydrogen-bond acceptors (Lipinski definition) is 6. The molecule has 2 aromatic heterocycles. The normalized spacial score (nSPS) is 11.0. The highest BCUT2D eigenvalue weighted by Gasteiger charge is 2.11. The van der Waals surface area contributed by atoms with Crippen LogP contribution < -0.4 is 4.74 Å². The average molecular weight is 343 g/mol. The highest BCUT2D eigenvalue weighted by Crippen LogP contribution is 2.29. The second-order valence-electron chi connectivity index (χ2n) is 5.89. The van der Waals surface area contributed by atoms with Gasteiger partial charge in [0.2, 0.25) is 11.7 Å². The average Bonchev–Trinajstić information content (AvgIpc) is 3.14. The molecule has 24 heavy (non-hydrogen) atoms. The molecule has 0 bridgehead atoms. The lowest BCUT2D eigenvalue weighted by molar-refractivity contribution is 0.306. The molecular formula is C18H21N3O2S. The molecule has 5 nitrogen and oxygen atoms in total. The van der Waals surface area contributed by atoms with Crippen LogP contribution in [0.25, 0.3) is 11.4 Å². The Morgan fingerprint density at radius 3 is 2.42 bits per heavy atom. The van der Waals surface area contributed by atoms with Crippen LogP contribution >= 0.6 is 11.3 Å². The van der Waals surface area contributed by atoms with Crippen LogP contribution in [-0.4, -0.2) is 21.7 Å². The van der Waals surface area contributed by atoms with Gasteiger partial charge in [0.05, 0.1) is 17.3 Å². The molecule has 126 valence electrons. The number of benzene rings is 1. The Bertz CT molecular complexity index is 815. The Morgan fingerprint density at radius 1 is 1.08 bits per heavy atom. The van der Waals surface area contributed by atoms with Crippen LogP contribution in [0.3, 0.4) is 0 Å². The van der Waals surface area contributed by atoms with E-state index in [9.17, 15) is 0 Å². The summed E-state index contributed by atoms with van der Waals surface area (Å²) < 4.78 is 11.1. The van der Waals surface area contributed by atoms with Crippen LogP contribution in [0.1, 0.15) is 34.1 Å². The lowest BCUT2D eigenvalue weighted by Gasteiger charge is -2.13. The van der Waals surface area contributed by atoms with Crippen molar-refractivity contribution in [2.45, 2.75) is 40.5 Å². The molecule has 1 aromatic carbocycles.